The fourth-order valence-corrected chi connectivity index (χ4v) is 2.89. The van der Waals surface area contributed by atoms with Crippen molar-refractivity contribution in [2.45, 2.75) is 17.7 Å². The summed E-state index contributed by atoms with van der Waals surface area (Å²) in [6, 6.07) is 3.53. The van der Waals surface area contributed by atoms with Gasteiger partial charge in [-0.1, -0.05) is 11.8 Å². The largest absolute Gasteiger partial charge is 0.471 e. The smallest absolute Gasteiger partial charge is 0.233 e. The lowest BCUT2D eigenvalue weighted by atomic mass is 10.3. The molecule has 3 heterocycles. The van der Waals surface area contributed by atoms with Gasteiger partial charge < -0.3 is 9.64 Å². The summed E-state index contributed by atoms with van der Waals surface area (Å²) in [7, 11) is 1.74. The molecule has 1 aliphatic heterocycles. The molecule has 0 aromatic carbocycles. The standard InChI is InChI=1S/C12H15N7O2S/c1-18-12(15-16-17-18)22-8-11(20)19-6-4-9(7-19)21-10-3-2-5-13-14-10/h2-3,5,9H,4,6-8H2,1H3. The maximum Gasteiger partial charge on any atom is 0.233 e. The predicted molar refractivity (Wildman–Crippen MR) is 77.2 cm³/mol. The van der Waals surface area contributed by atoms with E-state index < -0.39 is 0 Å². The van der Waals surface area contributed by atoms with E-state index in [1.54, 1.807) is 35.0 Å². The average Bonchev–Trinajstić information content (AvgIpc) is 3.15. The first-order valence-corrected chi connectivity index (χ1v) is 7.78. The number of tetrazole rings is 1. The van der Waals surface area contributed by atoms with Crippen LogP contribution < -0.4 is 4.74 Å². The minimum atomic E-state index is -0.0397. The monoisotopic (exact) mass is 321 g/mol. The zero-order valence-electron chi connectivity index (χ0n) is 12.0. The van der Waals surface area contributed by atoms with Gasteiger partial charge in [0.15, 0.2) is 0 Å². The molecule has 9 nitrogen and oxygen atoms in total. The van der Waals surface area contributed by atoms with E-state index in [0.29, 0.717) is 29.9 Å². The van der Waals surface area contributed by atoms with E-state index in [0.717, 1.165) is 6.42 Å². The molecule has 1 amide bonds. The van der Waals surface area contributed by atoms with Crippen molar-refractivity contribution in [3.8, 4) is 5.88 Å². The molecule has 0 spiro atoms. The summed E-state index contributed by atoms with van der Waals surface area (Å²) in [5, 5.41) is 19.4. The molecule has 2 aromatic heterocycles. The predicted octanol–water partition coefficient (Wildman–Crippen LogP) is -0.228. The first kappa shape index (κ1) is 14.7. The lowest BCUT2D eigenvalue weighted by molar-refractivity contribution is -0.127. The van der Waals surface area contributed by atoms with Crippen LogP contribution in [0, 0.1) is 0 Å². The summed E-state index contributed by atoms with van der Waals surface area (Å²) in [6.45, 7) is 1.24. The van der Waals surface area contributed by atoms with Gasteiger partial charge in [-0.3, -0.25) is 4.79 Å². The van der Waals surface area contributed by atoms with Gasteiger partial charge in [0.25, 0.3) is 0 Å². The SMILES string of the molecule is Cn1nnnc1SCC(=O)N1CCC(Oc2cccnn2)C1. The Hall–Kier alpha value is -2.23. The van der Waals surface area contributed by atoms with Crippen LogP contribution in [0.2, 0.25) is 0 Å². The first-order chi connectivity index (χ1) is 10.7. The number of likely N-dealkylation sites (tertiary alicyclic amines) is 1. The number of ether oxygens (including phenoxy) is 1. The molecule has 1 atom stereocenters. The molecule has 3 rings (SSSR count). The van der Waals surface area contributed by atoms with E-state index in [1.807, 2.05) is 0 Å². The second-order valence-electron chi connectivity index (χ2n) is 4.80. The quantitative estimate of drug-likeness (QED) is 0.697. The molecule has 0 saturated carbocycles. The van der Waals surface area contributed by atoms with Gasteiger partial charge in [0.1, 0.15) is 6.10 Å². The molecule has 2 aromatic rings. The molecule has 0 aliphatic carbocycles. The Kier molecular flexibility index (Phi) is 4.47. The molecule has 1 fully saturated rings. The van der Waals surface area contributed by atoms with Crippen LogP contribution in [0.4, 0.5) is 0 Å². The molecule has 116 valence electrons. The third kappa shape index (κ3) is 3.50. The van der Waals surface area contributed by atoms with E-state index in [-0.39, 0.29) is 12.0 Å². The summed E-state index contributed by atoms with van der Waals surface area (Å²) in [6.07, 6.45) is 2.34. The van der Waals surface area contributed by atoms with E-state index in [4.69, 9.17) is 4.74 Å². The number of thioether (sulfide) groups is 1. The summed E-state index contributed by atoms with van der Waals surface area (Å²) in [4.78, 5) is 14.0. The normalized spacial score (nSPS) is 17.7. The molecule has 1 aliphatic rings. The van der Waals surface area contributed by atoms with Crippen molar-refractivity contribution >= 4 is 17.7 Å². The number of carbonyl (C=O) groups is 1. The van der Waals surface area contributed by atoms with Crippen LogP contribution in [0.1, 0.15) is 6.42 Å². The van der Waals surface area contributed by atoms with E-state index >= 15 is 0 Å². The van der Waals surface area contributed by atoms with Crippen molar-refractivity contribution < 1.29 is 9.53 Å². The molecule has 1 unspecified atom stereocenters. The Morgan fingerprint density at radius 1 is 1.50 bits per heavy atom. The molecule has 10 heteroatoms. The second kappa shape index (κ2) is 6.69. The highest BCUT2D eigenvalue weighted by molar-refractivity contribution is 7.99. The van der Waals surface area contributed by atoms with Gasteiger partial charge >= 0.3 is 0 Å². The molecular weight excluding hydrogens is 306 g/mol. The average molecular weight is 321 g/mol. The number of rotatable bonds is 5. The highest BCUT2D eigenvalue weighted by Gasteiger charge is 2.28. The highest BCUT2D eigenvalue weighted by Crippen LogP contribution is 2.18. The fraction of sp³-hybridized carbons (Fsp3) is 0.500. The van der Waals surface area contributed by atoms with E-state index in [9.17, 15) is 4.79 Å². The van der Waals surface area contributed by atoms with Crippen LogP contribution in [0.5, 0.6) is 5.88 Å². The fourth-order valence-electron chi connectivity index (χ4n) is 2.13. The summed E-state index contributed by atoms with van der Waals surface area (Å²) in [5.74, 6) is 0.853. The number of aromatic nitrogens is 6. The molecule has 22 heavy (non-hydrogen) atoms. The zero-order chi connectivity index (χ0) is 15.4. The van der Waals surface area contributed by atoms with E-state index in [1.165, 1.54) is 11.8 Å². The summed E-state index contributed by atoms with van der Waals surface area (Å²) >= 11 is 1.33. The van der Waals surface area contributed by atoms with E-state index in [2.05, 4.69) is 25.7 Å². The van der Waals surface area contributed by atoms with Crippen LogP contribution in [0.15, 0.2) is 23.5 Å². The highest BCUT2D eigenvalue weighted by atomic mass is 32.2. The summed E-state index contributed by atoms with van der Waals surface area (Å²) < 4.78 is 7.26. The molecule has 1 saturated heterocycles. The van der Waals surface area contributed by atoms with Crippen LogP contribution in [0.3, 0.4) is 0 Å². The van der Waals surface area contributed by atoms with Gasteiger partial charge in [0.05, 0.1) is 12.3 Å². The van der Waals surface area contributed by atoms with Gasteiger partial charge in [-0.25, -0.2) is 4.68 Å². The molecular formula is C12H15N7O2S. The Bertz CT molecular complexity index is 635. The minimum absolute atomic E-state index is 0.0397. The second-order valence-corrected chi connectivity index (χ2v) is 5.75. The Balaban J connectivity index is 1.47. The zero-order valence-corrected chi connectivity index (χ0v) is 12.8. The maximum atomic E-state index is 12.2. The Morgan fingerprint density at radius 3 is 3.14 bits per heavy atom. The summed E-state index contributed by atoms with van der Waals surface area (Å²) in [5.41, 5.74) is 0. The van der Waals surface area contributed by atoms with Crippen LogP contribution in [-0.4, -0.2) is 66.2 Å². The number of aryl methyl sites for hydroxylation is 1. The van der Waals surface area contributed by atoms with Gasteiger partial charge in [-0.05, 0) is 16.5 Å². The van der Waals surface area contributed by atoms with Crippen molar-refractivity contribution in [3.63, 3.8) is 0 Å². The van der Waals surface area contributed by atoms with Gasteiger partial charge in [-0.2, -0.15) is 5.10 Å². The van der Waals surface area contributed by atoms with Crippen LogP contribution >= 0.6 is 11.8 Å². The minimum Gasteiger partial charge on any atom is -0.471 e. The third-order valence-corrected chi connectivity index (χ3v) is 4.23. The van der Waals surface area contributed by atoms with Crippen molar-refractivity contribution in [1.82, 2.24) is 35.3 Å². The van der Waals surface area contributed by atoms with Crippen LogP contribution in [-0.2, 0) is 11.8 Å². The topological polar surface area (TPSA) is 98.9 Å². The lowest BCUT2D eigenvalue weighted by Gasteiger charge is -2.16. The number of amides is 1. The van der Waals surface area contributed by atoms with Gasteiger partial charge in [0.2, 0.25) is 16.9 Å². The van der Waals surface area contributed by atoms with Crippen molar-refractivity contribution in [3.05, 3.63) is 18.3 Å². The van der Waals surface area contributed by atoms with Crippen molar-refractivity contribution in [2.75, 3.05) is 18.8 Å². The molecule has 0 bridgehead atoms. The number of hydrogen-bond acceptors (Lipinski definition) is 8. The van der Waals surface area contributed by atoms with Crippen molar-refractivity contribution in [1.29, 1.82) is 0 Å². The molecule has 0 radical (unpaired) electrons. The number of hydrogen-bond donors (Lipinski definition) is 0. The van der Waals surface area contributed by atoms with Gasteiger partial charge in [0, 0.05) is 32.3 Å². The Labute approximate surface area is 131 Å². The Morgan fingerprint density at radius 2 is 2.41 bits per heavy atom. The number of carbonyl (C=O) groups excluding carboxylic acids is 1. The third-order valence-electron chi connectivity index (χ3n) is 3.24. The van der Waals surface area contributed by atoms with Crippen molar-refractivity contribution in [2.24, 2.45) is 7.05 Å². The molecule has 0 N–H and O–H groups in total. The lowest BCUT2D eigenvalue weighted by Crippen LogP contribution is -2.32. The number of nitrogens with zero attached hydrogens (tertiary/aromatic N) is 7. The van der Waals surface area contributed by atoms with Crippen LogP contribution in [0.25, 0.3) is 0 Å². The van der Waals surface area contributed by atoms with Gasteiger partial charge in [-0.15, -0.1) is 10.2 Å². The first-order valence-electron chi connectivity index (χ1n) is 6.79. The maximum absolute atomic E-state index is 12.2.